The van der Waals surface area contributed by atoms with E-state index in [2.05, 4.69) is 0 Å². The summed E-state index contributed by atoms with van der Waals surface area (Å²) in [5, 5.41) is 19.1. The zero-order valence-electron chi connectivity index (χ0n) is 19.3. The van der Waals surface area contributed by atoms with E-state index < -0.39 is 11.7 Å². The number of piperidine rings is 1. The van der Waals surface area contributed by atoms with E-state index >= 15 is 0 Å². The van der Waals surface area contributed by atoms with Crippen LogP contribution in [0.1, 0.15) is 45.5 Å². The number of carbonyl (C=O) groups is 1. The third-order valence-corrected chi connectivity index (χ3v) is 7.63. The molecule has 2 aliphatic heterocycles. The van der Waals surface area contributed by atoms with E-state index in [1.54, 1.807) is 12.1 Å². The number of nitrogens with zero attached hydrogens (tertiary/aromatic N) is 3. The fourth-order valence-corrected chi connectivity index (χ4v) is 5.33. The molecule has 0 saturated carbocycles. The Kier molecular flexibility index (Phi) is 6.34. The van der Waals surface area contributed by atoms with Gasteiger partial charge in [-0.3, -0.25) is 4.79 Å². The normalized spacial score (nSPS) is 20.0. The maximum atomic E-state index is 13.4. The molecule has 34 heavy (non-hydrogen) atoms. The highest BCUT2D eigenvalue weighted by atomic mass is 19.4. The SMILES string of the molecule is Cc1ccc(C(=O)N2CC(CO)C3(CCN(c4ccc(C#N)c(C(F)(F)F)c4)CC3)C2)cc1C. The van der Waals surface area contributed by atoms with Gasteiger partial charge in [0.25, 0.3) is 5.91 Å². The molecule has 5 nitrogen and oxygen atoms in total. The lowest BCUT2D eigenvalue weighted by atomic mass is 9.71. The maximum absolute atomic E-state index is 13.4. The number of amides is 1. The van der Waals surface area contributed by atoms with Gasteiger partial charge in [0.1, 0.15) is 0 Å². The molecule has 8 heteroatoms. The summed E-state index contributed by atoms with van der Waals surface area (Å²) in [6.07, 6.45) is -3.27. The number of aryl methyl sites for hydroxylation is 2. The van der Waals surface area contributed by atoms with Crippen LogP contribution >= 0.6 is 0 Å². The highest BCUT2D eigenvalue weighted by molar-refractivity contribution is 5.94. The van der Waals surface area contributed by atoms with Gasteiger partial charge in [-0.25, -0.2) is 0 Å². The minimum atomic E-state index is -4.60. The van der Waals surface area contributed by atoms with Gasteiger partial charge < -0.3 is 14.9 Å². The van der Waals surface area contributed by atoms with Crippen LogP contribution in [0.3, 0.4) is 0 Å². The molecule has 2 aromatic rings. The molecule has 0 aliphatic carbocycles. The van der Waals surface area contributed by atoms with Crippen LogP contribution in [0.5, 0.6) is 0 Å². The van der Waals surface area contributed by atoms with Crippen LogP contribution in [0.2, 0.25) is 0 Å². The monoisotopic (exact) mass is 471 g/mol. The van der Waals surface area contributed by atoms with Crippen molar-refractivity contribution in [1.82, 2.24) is 4.90 Å². The molecular formula is C26H28F3N3O2. The number of hydrogen-bond acceptors (Lipinski definition) is 4. The number of aliphatic hydroxyl groups is 1. The van der Waals surface area contributed by atoms with E-state index in [0.717, 1.165) is 17.2 Å². The summed E-state index contributed by atoms with van der Waals surface area (Å²) in [5.74, 6) is -0.125. The first-order chi connectivity index (χ1) is 16.1. The van der Waals surface area contributed by atoms with Crippen LogP contribution in [-0.2, 0) is 6.18 Å². The van der Waals surface area contributed by atoms with E-state index in [-0.39, 0.29) is 29.4 Å². The average molecular weight is 472 g/mol. The van der Waals surface area contributed by atoms with Crippen molar-refractivity contribution in [3.05, 3.63) is 64.2 Å². The second-order valence-corrected chi connectivity index (χ2v) is 9.55. The Morgan fingerprint density at radius 3 is 2.44 bits per heavy atom. The van der Waals surface area contributed by atoms with Crippen molar-refractivity contribution >= 4 is 11.6 Å². The van der Waals surface area contributed by atoms with Crippen molar-refractivity contribution in [2.45, 2.75) is 32.9 Å². The van der Waals surface area contributed by atoms with Crippen LogP contribution in [0.15, 0.2) is 36.4 Å². The number of likely N-dealkylation sites (tertiary alicyclic amines) is 1. The van der Waals surface area contributed by atoms with Crippen molar-refractivity contribution in [1.29, 1.82) is 5.26 Å². The summed E-state index contributed by atoms with van der Waals surface area (Å²) >= 11 is 0. The molecule has 2 fully saturated rings. The lowest BCUT2D eigenvalue weighted by molar-refractivity contribution is -0.137. The Hall–Kier alpha value is -3.05. The minimum Gasteiger partial charge on any atom is -0.396 e. The van der Waals surface area contributed by atoms with Crippen molar-refractivity contribution < 1.29 is 23.1 Å². The smallest absolute Gasteiger partial charge is 0.396 e. The van der Waals surface area contributed by atoms with E-state index in [1.165, 1.54) is 6.07 Å². The van der Waals surface area contributed by atoms with Crippen LogP contribution in [0.4, 0.5) is 18.9 Å². The first-order valence-electron chi connectivity index (χ1n) is 11.4. The molecule has 2 aromatic carbocycles. The molecule has 0 bridgehead atoms. The zero-order valence-corrected chi connectivity index (χ0v) is 19.3. The summed E-state index contributed by atoms with van der Waals surface area (Å²) in [7, 11) is 0. The summed E-state index contributed by atoms with van der Waals surface area (Å²) in [6.45, 7) is 5.96. The number of aliphatic hydroxyl groups excluding tert-OH is 1. The lowest BCUT2D eigenvalue weighted by Crippen LogP contribution is -2.45. The van der Waals surface area contributed by atoms with Gasteiger partial charge in [-0.1, -0.05) is 6.07 Å². The molecule has 1 N–H and O–H groups in total. The molecule has 1 unspecified atom stereocenters. The maximum Gasteiger partial charge on any atom is 0.417 e. The second-order valence-electron chi connectivity index (χ2n) is 9.55. The first kappa shape index (κ1) is 24.1. The molecule has 4 rings (SSSR count). The van der Waals surface area contributed by atoms with E-state index in [1.807, 2.05) is 41.8 Å². The molecule has 1 atom stereocenters. The van der Waals surface area contributed by atoms with Crippen molar-refractivity contribution in [2.75, 3.05) is 37.7 Å². The number of rotatable bonds is 3. The van der Waals surface area contributed by atoms with Crippen molar-refractivity contribution in [2.24, 2.45) is 11.3 Å². The zero-order chi connectivity index (χ0) is 24.7. The predicted octanol–water partition coefficient (Wildman–Crippen LogP) is 4.55. The Labute approximate surface area is 197 Å². The number of nitriles is 1. The van der Waals surface area contributed by atoms with Gasteiger partial charge in [-0.2, -0.15) is 18.4 Å². The highest BCUT2D eigenvalue weighted by Crippen LogP contribution is 2.46. The molecule has 2 saturated heterocycles. The summed E-state index contributed by atoms with van der Waals surface area (Å²) in [6, 6.07) is 11.1. The van der Waals surface area contributed by atoms with Gasteiger partial charge in [0.2, 0.25) is 0 Å². The number of halogens is 3. The molecule has 1 spiro atoms. The summed E-state index contributed by atoms with van der Waals surface area (Å²) in [4.78, 5) is 16.9. The van der Waals surface area contributed by atoms with E-state index in [4.69, 9.17) is 5.26 Å². The lowest BCUT2D eigenvalue weighted by Gasteiger charge is -2.43. The Morgan fingerprint density at radius 1 is 1.15 bits per heavy atom. The van der Waals surface area contributed by atoms with Gasteiger partial charge in [0.05, 0.1) is 17.2 Å². The van der Waals surface area contributed by atoms with Gasteiger partial charge in [0.15, 0.2) is 0 Å². The molecule has 0 aromatic heterocycles. The van der Waals surface area contributed by atoms with E-state index in [0.29, 0.717) is 50.3 Å². The number of hydrogen-bond donors (Lipinski definition) is 1. The van der Waals surface area contributed by atoms with Crippen molar-refractivity contribution in [3.8, 4) is 6.07 Å². The summed E-state index contributed by atoms with van der Waals surface area (Å²) < 4.78 is 40.2. The van der Waals surface area contributed by atoms with Gasteiger partial charge in [0, 0.05) is 50.0 Å². The number of anilines is 1. The Morgan fingerprint density at radius 2 is 1.85 bits per heavy atom. The first-order valence-corrected chi connectivity index (χ1v) is 11.4. The third kappa shape index (κ3) is 4.37. The third-order valence-electron chi connectivity index (χ3n) is 7.63. The molecule has 1 amide bonds. The fourth-order valence-electron chi connectivity index (χ4n) is 5.33. The largest absolute Gasteiger partial charge is 0.417 e. The molecule has 2 aliphatic rings. The highest BCUT2D eigenvalue weighted by Gasteiger charge is 2.49. The minimum absolute atomic E-state index is 0.0359. The standard InChI is InChI=1S/C26H28F3N3O2/c1-17-3-4-19(11-18(17)2)24(34)32-14-21(15-33)25(16-32)7-9-31(10-8-25)22-6-5-20(13-30)23(12-22)26(27,28)29/h3-6,11-12,21,33H,7-10,14-16H2,1-2H3. The predicted molar refractivity (Wildman–Crippen MR) is 122 cm³/mol. The fraction of sp³-hybridized carbons (Fsp3) is 0.462. The Balaban J connectivity index is 1.50. The van der Waals surface area contributed by atoms with Crippen LogP contribution in [0.25, 0.3) is 0 Å². The quantitative estimate of drug-likeness (QED) is 0.714. The topological polar surface area (TPSA) is 67.6 Å². The van der Waals surface area contributed by atoms with E-state index in [9.17, 15) is 23.1 Å². The van der Waals surface area contributed by atoms with Crippen LogP contribution < -0.4 is 4.90 Å². The Bertz CT molecular complexity index is 1130. The molecular weight excluding hydrogens is 443 g/mol. The summed E-state index contributed by atoms with van der Waals surface area (Å²) in [5.41, 5.74) is 1.65. The molecule has 180 valence electrons. The van der Waals surface area contributed by atoms with Crippen LogP contribution in [0, 0.1) is 36.5 Å². The van der Waals surface area contributed by atoms with Crippen LogP contribution in [-0.4, -0.2) is 48.7 Å². The van der Waals surface area contributed by atoms with Gasteiger partial charge in [-0.05, 0) is 73.6 Å². The number of carbonyl (C=O) groups excluding carboxylic acids is 1. The average Bonchev–Trinajstić information content (AvgIpc) is 3.17. The molecule has 2 heterocycles. The number of benzene rings is 2. The van der Waals surface area contributed by atoms with Gasteiger partial charge >= 0.3 is 6.18 Å². The molecule has 0 radical (unpaired) electrons. The second kappa shape index (κ2) is 8.95. The van der Waals surface area contributed by atoms with Crippen molar-refractivity contribution in [3.63, 3.8) is 0 Å². The number of alkyl halides is 3. The van der Waals surface area contributed by atoms with Gasteiger partial charge in [-0.15, -0.1) is 0 Å².